The lowest BCUT2D eigenvalue weighted by atomic mass is 9.85. The van der Waals surface area contributed by atoms with Gasteiger partial charge in [-0.15, -0.1) is 0 Å². The Labute approximate surface area is 229 Å². The van der Waals surface area contributed by atoms with Gasteiger partial charge in [0.05, 0.1) is 12.2 Å². The van der Waals surface area contributed by atoms with Crippen LogP contribution in [0.3, 0.4) is 0 Å². The van der Waals surface area contributed by atoms with Crippen molar-refractivity contribution in [3.8, 4) is 0 Å². The lowest BCUT2D eigenvalue weighted by molar-refractivity contribution is -0.231. The summed E-state index contributed by atoms with van der Waals surface area (Å²) in [6.45, 7) is 1.38. The van der Waals surface area contributed by atoms with Gasteiger partial charge in [0.25, 0.3) is 0 Å². The molecule has 1 aliphatic heterocycles. The minimum Gasteiger partial charge on any atom is -0.478 e. The Hall–Kier alpha value is -2.81. The Balaban J connectivity index is 1.55. The summed E-state index contributed by atoms with van der Waals surface area (Å²) in [7, 11) is 0. The van der Waals surface area contributed by atoms with Gasteiger partial charge in [0.15, 0.2) is 0 Å². The molecule has 1 saturated heterocycles. The molecule has 1 saturated carbocycles. The van der Waals surface area contributed by atoms with Crippen LogP contribution in [-0.4, -0.2) is 62.5 Å². The average Bonchev–Trinajstić information content (AvgIpc) is 3.05. The lowest BCUT2D eigenvalue weighted by Gasteiger charge is -2.40. The molecule has 6 atom stereocenters. The number of rotatable bonds is 7. The SMILES string of the molecule is Cc1ccc(CC2=C(Cc3ccccc3)C3CCCCCC3=C2C(=O)O)cc1[C@@H]1O[C@H](CO)[C@@H](O)[C@H](O)[C@H]1O. The number of aryl methyl sites for hydroxylation is 1. The fraction of sp³-hybridized carbons (Fsp3) is 0.469. The highest BCUT2D eigenvalue weighted by Crippen LogP contribution is 2.47. The smallest absolute Gasteiger partial charge is 0.335 e. The molecule has 7 heteroatoms. The monoisotopic (exact) mass is 534 g/mol. The van der Waals surface area contributed by atoms with Crippen LogP contribution in [0.5, 0.6) is 0 Å². The Morgan fingerprint density at radius 1 is 0.923 bits per heavy atom. The maximum atomic E-state index is 12.7. The van der Waals surface area contributed by atoms with Gasteiger partial charge in [-0.3, -0.25) is 0 Å². The van der Waals surface area contributed by atoms with Crippen LogP contribution < -0.4 is 0 Å². The van der Waals surface area contributed by atoms with Gasteiger partial charge < -0.3 is 30.3 Å². The molecule has 0 aromatic heterocycles. The number of carboxylic acids is 1. The van der Waals surface area contributed by atoms with Crippen molar-refractivity contribution in [2.45, 2.75) is 82.4 Å². The number of carbonyl (C=O) groups is 1. The quantitative estimate of drug-likeness (QED) is 0.368. The Kier molecular flexibility index (Phi) is 8.35. The fourth-order valence-electron chi connectivity index (χ4n) is 6.62. The summed E-state index contributed by atoms with van der Waals surface area (Å²) in [6, 6.07) is 15.9. The van der Waals surface area contributed by atoms with Gasteiger partial charge >= 0.3 is 5.97 Å². The molecule has 1 unspecified atom stereocenters. The molecule has 2 fully saturated rings. The van der Waals surface area contributed by atoms with Gasteiger partial charge in [0, 0.05) is 5.92 Å². The van der Waals surface area contributed by atoms with Gasteiger partial charge in [-0.05, 0) is 72.4 Å². The maximum absolute atomic E-state index is 12.7. The third kappa shape index (κ3) is 5.47. The summed E-state index contributed by atoms with van der Waals surface area (Å²) in [5.74, 6) is -0.736. The molecule has 0 bridgehead atoms. The van der Waals surface area contributed by atoms with Crippen molar-refractivity contribution >= 4 is 5.97 Å². The second kappa shape index (κ2) is 11.7. The average molecular weight is 535 g/mol. The molecule has 1 heterocycles. The van der Waals surface area contributed by atoms with Gasteiger partial charge in [-0.2, -0.15) is 0 Å². The highest BCUT2D eigenvalue weighted by atomic mass is 16.5. The van der Waals surface area contributed by atoms with Crippen LogP contribution in [0.25, 0.3) is 0 Å². The molecule has 0 amide bonds. The fourth-order valence-corrected chi connectivity index (χ4v) is 6.62. The molecule has 39 heavy (non-hydrogen) atoms. The van der Waals surface area contributed by atoms with Crippen LogP contribution in [0.4, 0.5) is 0 Å². The van der Waals surface area contributed by atoms with Gasteiger partial charge in [0.1, 0.15) is 30.5 Å². The van der Waals surface area contributed by atoms with E-state index >= 15 is 0 Å². The Morgan fingerprint density at radius 2 is 1.69 bits per heavy atom. The first-order chi connectivity index (χ1) is 18.8. The number of aliphatic hydroxyl groups excluding tert-OH is 4. The third-order valence-electron chi connectivity index (χ3n) is 8.67. The number of ether oxygens (including phenoxy) is 1. The zero-order valence-corrected chi connectivity index (χ0v) is 22.3. The van der Waals surface area contributed by atoms with E-state index in [0.29, 0.717) is 24.0 Å². The first-order valence-electron chi connectivity index (χ1n) is 13.9. The zero-order valence-electron chi connectivity index (χ0n) is 22.3. The van der Waals surface area contributed by atoms with Crippen molar-refractivity contribution in [1.29, 1.82) is 0 Å². The molecule has 2 aromatic carbocycles. The second-order valence-electron chi connectivity index (χ2n) is 11.1. The number of allylic oxidation sites excluding steroid dienone is 2. The molecule has 208 valence electrons. The Bertz CT molecular complexity index is 1260. The minimum atomic E-state index is -1.46. The van der Waals surface area contributed by atoms with Crippen molar-refractivity contribution in [1.82, 2.24) is 0 Å². The lowest BCUT2D eigenvalue weighted by Crippen LogP contribution is -2.55. The predicted octanol–water partition coefficient (Wildman–Crippen LogP) is 3.57. The first kappa shape index (κ1) is 27.7. The van der Waals surface area contributed by atoms with E-state index in [0.717, 1.165) is 59.9 Å². The molecule has 5 N–H and O–H groups in total. The minimum absolute atomic E-state index is 0.143. The zero-order chi connectivity index (χ0) is 27.7. The summed E-state index contributed by atoms with van der Waals surface area (Å²) in [6.07, 6.45) is -0.118. The van der Waals surface area contributed by atoms with Crippen LogP contribution in [0, 0.1) is 12.8 Å². The molecule has 0 radical (unpaired) electrons. The number of aliphatic hydroxyl groups is 4. The standard InChI is InChI=1S/C32H38O7/c1-18-12-13-20(15-23(18)31-30(36)29(35)28(34)26(17-33)39-31)16-25-24(14-19-8-4-2-5-9-19)21-10-6-3-7-11-22(21)27(25)32(37)38/h2,4-5,8-9,12-13,15,21,26,28-31,33-36H,3,6-7,10-11,14,16-17H2,1H3,(H,37,38)/t21?,26-,28-,29+,30-,31+/m1/s1. The molecular formula is C32H38O7. The van der Waals surface area contributed by atoms with E-state index in [1.54, 1.807) is 0 Å². The summed E-state index contributed by atoms with van der Waals surface area (Å²) >= 11 is 0. The van der Waals surface area contributed by atoms with Crippen molar-refractivity contribution in [2.75, 3.05) is 6.61 Å². The molecule has 7 nitrogen and oxygen atoms in total. The third-order valence-corrected chi connectivity index (χ3v) is 8.67. The number of carboxylic acid groups (broad SMARTS) is 1. The van der Waals surface area contributed by atoms with Crippen LogP contribution in [0.2, 0.25) is 0 Å². The van der Waals surface area contributed by atoms with E-state index in [1.807, 2.05) is 43.3 Å². The molecule has 3 aliphatic rings. The molecule has 2 aliphatic carbocycles. The van der Waals surface area contributed by atoms with Crippen molar-refractivity contribution in [3.05, 3.63) is 93.1 Å². The molecule has 5 rings (SSSR count). The molecule has 2 aromatic rings. The topological polar surface area (TPSA) is 127 Å². The van der Waals surface area contributed by atoms with E-state index in [9.17, 15) is 30.3 Å². The summed E-state index contributed by atoms with van der Waals surface area (Å²) in [4.78, 5) is 12.7. The normalized spacial score (nSPS) is 29.4. The molecule has 0 spiro atoms. The number of fused-ring (bicyclic) bond motifs is 1. The van der Waals surface area contributed by atoms with Crippen LogP contribution in [0.15, 0.2) is 70.8 Å². The maximum Gasteiger partial charge on any atom is 0.335 e. The second-order valence-corrected chi connectivity index (χ2v) is 11.1. The van der Waals surface area contributed by atoms with E-state index in [2.05, 4.69) is 12.1 Å². The van der Waals surface area contributed by atoms with Crippen LogP contribution in [-0.2, 0) is 22.4 Å². The summed E-state index contributed by atoms with van der Waals surface area (Å²) in [5, 5.41) is 51.4. The largest absolute Gasteiger partial charge is 0.478 e. The summed E-state index contributed by atoms with van der Waals surface area (Å²) < 4.78 is 5.85. The van der Waals surface area contributed by atoms with E-state index in [-0.39, 0.29) is 5.92 Å². The number of benzene rings is 2. The number of aliphatic carboxylic acids is 1. The Morgan fingerprint density at radius 3 is 2.41 bits per heavy atom. The van der Waals surface area contributed by atoms with Crippen LogP contribution >= 0.6 is 0 Å². The highest BCUT2D eigenvalue weighted by Gasteiger charge is 2.44. The summed E-state index contributed by atoms with van der Waals surface area (Å²) in [5.41, 5.74) is 7.09. The van der Waals surface area contributed by atoms with E-state index < -0.39 is 43.1 Å². The van der Waals surface area contributed by atoms with Crippen molar-refractivity contribution < 1.29 is 35.1 Å². The van der Waals surface area contributed by atoms with Gasteiger partial charge in [-0.25, -0.2) is 4.79 Å². The predicted molar refractivity (Wildman–Crippen MR) is 146 cm³/mol. The van der Waals surface area contributed by atoms with Crippen molar-refractivity contribution in [3.63, 3.8) is 0 Å². The van der Waals surface area contributed by atoms with Gasteiger partial charge in [-0.1, -0.05) is 66.9 Å². The molecular weight excluding hydrogens is 496 g/mol. The van der Waals surface area contributed by atoms with E-state index in [4.69, 9.17) is 4.74 Å². The number of hydrogen-bond acceptors (Lipinski definition) is 6. The van der Waals surface area contributed by atoms with E-state index in [1.165, 1.54) is 5.57 Å². The highest BCUT2D eigenvalue weighted by molar-refractivity contribution is 5.95. The van der Waals surface area contributed by atoms with Crippen LogP contribution in [0.1, 0.15) is 60.5 Å². The first-order valence-corrected chi connectivity index (χ1v) is 13.9. The number of hydrogen-bond donors (Lipinski definition) is 5. The van der Waals surface area contributed by atoms with Crippen molar-refractivity contribution in [2.24, 2.45) is 5.92 Å². The van der Waals surface area contributed by atoms with Gasteiger partial charge in [0.2, 0.25) is 0 Å².